The second kappa shape index (κ2) is 10.9. The van der Waals surface area contributed by atoms with E-state index in [2.05, 4.69) is 168 Å². The Balaban J connectivity index is 1.28. The molecule has 0 amide bonds. The Kier molecular flexibility index (Phi) is 6.22. The maximum absolute atomic E-state index is 4.89. The first-order chi connectivity index (χ1) is 24.2. The van der Waals surface area contributed by atoms with Crippen molar-refractivity contribution in [3.63, 3.8) is 0 Å². The summed E-state index contributed by atoms with van der Waals surface area (Å²) in [7, 11) is 0. The van der Waals surface area contributed by atoms with Crippen molar-refractivity contribution in [3.8, 4) is 22.5 Å². The number of fused-ring (bicyclic) bond motifs is 8. The summed E-state index contributed by atoms with van der Waals surface area (Å²) in [5.41, 5.74) is 14.8. The predicted octanol–water partition coefficient (Wildman–Crippen LogP) is 12.0. The molecule has 3 heterocycles. The van der Waals surface area contributed by atoms with Gasteiger partial charge >= 0.3 is 0 Å². The van der Waals surface area contributed by atoms with E-state index >= 15 is 0 Å². The largest absolute Gasteiger partial charge is 0.313 e. The fourth-order valence-electron chi connectivity index (χ4n) is 8.20. The monoisotopic (exact) mass is 627 g/mol. The van der Waals surface area contributed by atoms with E-state index in [1.807, 2.05) is 12.3 Å². The summed E-state index contributed by atoms with van der Waals surface area (Å²) in [4.78, 5) is 4.89. The number of nitrogens with zero attached hydrogens (tertiary/aromatic N) is 3. The highest BCUT2D eigenvalue weighted by molar-refractivity contribution is 6.20. The molecule has 232 valence electrons. The Morgan fingerprint density at radius 1 is 0.551 bits per heavy atom. The van der Waals surface area contributed by atoms with Gasteiger partial charge in [-0.2, -0.15) is 0 Å². The van der Waals surface area contributed by atoms with E-state index < -0.39 is 0 Å². The van der Waals surface area contributed by atoms with E-state index in [0.717, 1.165) is 23.0 Å². The highest BCUT2D eigenvalue weighted by Gasteiger charge is 2.28. The van der Waals surface area contributed by atoms with Crippen molar-refractivity contribution in [1.29, 1.82) is 0 Å². The number of rotatable bonds is 4. The standard InChI is InChI=1S/C46H33N3/c1-30-26-35(32-14-7-3-8-15-32)28-40-39-27-34(31-12-5-2-6-13-31)20-23-41(39)49(46(30)40)37-21-22-38-43(29-37)48(36-17-9-4-10-18-36)42-24-19-33-16-11-25-47-45(33)44(38)42/h2-25,27-30H,26H2,1H3/t30-/m1/s1. The zero-order valence-corrected chi connectivity index (χ0v) is 27.2. The number of benzene rings is 6. The minimum atomic E-state index is 0.326. The molecule has 3 nitrogen and oxygen atoms in total. The minimum absolute atomic E-state index is 0.326. The average molecular weight is 628 g/mol. The van der Waals surface area contributed by atoms with E-state index in [-0.39, 0.29) is 0 Å². The summed E-state index contributed by atoms with van der Waals surface area (Å²) in [6.45, 7) is 2.39. The smallest absolute Gasteiger partial charge is 0.0802 e. The third-order valence-corrected chi connectivity index (χ3v) is 10.4. The molecule has 0 saturated carbocycles. The number of para-hydroxylation sites is 1. The van der Waals surface area contributed by atoms with E-state index in [1.165, 1.54) is 71.9 Å². The Morgan fingerprint density at radius 3 is 2.08 bits per heavy atom. The number of hydrogen-bond acceptors (Lipinski definition) is 1. The van der Waals surface area contributed by atoms with Crippen LogP contribution in [0.3, 0.4) is 0 Å². The first-order valence-corrected chi connectivity index (χ1v) is 17.1. The van der Waals surface area contributed by atoms with Crippen LogP contribution >= 0.6 is 0 Å². The summed E-state index contributed by atoms with van der Waals surface area (Å²) in [6, 6.07) is 55.0. The van der Waals surface area contributed by atoms with Crippen LogP contribution in [0.2, 0.25) is 0 Å². The van der Waals surface area contributed by atoms with Crippen molar-refractivity contribution in [3.05, 3.63) is 175 Å². The third kappa shape index (κ3) is 4.32. The summed E-state index contributed by atoms with van der Waals surface area (Å²) < 4.78 is 4.94. The van der Waals surface area contributed by atoms with E-state index in [1.54, 1.807) is 0 Å². The van der Waals surface area contributed by atoms with Crippen LogP contribution in [-0.2, 0) is 0 Å². The minimum Gasteiger partial charge on any atom is -0.313 e. The molecular formula is C46H33N3. The fraction of sp³-hybridized carbons (Fsp3) is 0.0652. The lowest BCUT2D eigenvalue weighted by atomic mass is 9.84. The van der Waals surface area contributed by atoms with Crippen molar-refractivity contribution >= 4 is 55.3 Å². The van der Waals surface area contributed by atoms with Gasteiger partial charge in [0.05, 0.1) is 22.1 Å². The van der Waals surface area contributed by atoms with Crippen LogP contribution in [0.5, 0.6) is 0 Å². The van der Waals surface area contributed by atoms with Crippen molar-refractivity contribution in [2.45, 2.75) is 19.3 Å². The highest BCUT2D eigenvalue weighted by Crippen LogP contribution is 2.46. The third-order valence-electron chi connectivity index (χ3n) is 10.4. The quantitative estimate of drug-likeness (QED) is 0.190. The molecule has 0 N–H and O–H groups in total. The average Bonchev–Trinajstić information content (AvgIpc) is 3.68. The molecule has 1 aliphatic carbocycles. The normalized spacial score (nSPS) is 14.5. The van der Waals surface area contributed by atoms with Crippen LogP contribution in [0.1, 0.15) is 36.1 Å². The molecule has 0 fully saturated rings. The SMILES string of the molecule is C[C@@H]1CC(c2ccccc2)=Cc2c1n(-c1ccc3c4c5ncccc5ccc4n(-c4ccccc4)c3c1)c1ccc(-c3ccccc3)cc21. The van der Waals surface area contributed by atoms with E-state index in [9.17, 15) is 0 Å². The lowest BCUT2D eigenvalue weighted by Gasteiger charge is -2.24. The zero-order chi connectivity index (χ0) is 32.5. The second-order valence-electron chi connectivity index (χ2n) is 13.3. The molecule has 1 aliphatic rings. The van der Waals surface area contributed by atoms with Crippen LogP contribution in [-0.4, -0.2) is 14.1 Å². The Morgan fingerprint density at radius 2 is 1.29 bits per heavy atom. The van der Waals surface area contributed by atoms with Gasteiger partial charge in [0.1, 0.15) is 0 Å². The first kappa shape index (κ1) is 27.9. The van der Waals surface area contributed by atoms with Gasteiger partial charge < -0.3 is 9.13 Å². The second-order valence-corrected chi connectivity index (χ2v) is 13.3. The summed E-state index contributed by atoms with van der Waals surface area (Å²) >= 11 is 0. The van der Waals surface area contributed by atoms with Gasteiger partial charge in [0.15, 0.2) is 0 Å². The Hall–Kier alpha value is -6.19. The first-order valence-electron chi connectivity index (χ1n) is 17.1. The zero-order valence-electron chi connectivity index (χ0n) is 27.2. The van der Waals surface area contributed by atoms with Gasteiger partial charge in [-0.05, 0) is 83.3 Å². The van der Waals surface area contributed by atoms with Crippen LogP contribution < -0.4 is 0 Å². The van der Waals surface area contributed by atoms with Crippen molar-refractivity contribution < 1.29 is 0 Å². The number of aromatic nitrogens is 3. The molecule has 0 unspecified atom stereocenters. The Labute approximate surface area is 285 Å². The molecule has 0 aliphatic heterocycles. The molecule has 1 atom stereocenters. The molecule has 0 radical (unpaired) electrons. The molecular weight excluding hydrogens is 595 g/mol. The van der Waals surface area contributed by atoms with E-state index in [4.69, 9.17) is 4.98 Å². The van der Waals surface area contributed by atoms with Gasteiger partial charge in [0.25, 0.3) is 0 Å². The van der Waals surface area contributed by atoms with Gasteiger partial charge in [-0.15, -0.1) is 0 Å². The Bertz CT molecular complexity index is 2730. The van der Waals surface area contributed by atoms with Crippen molar-refractivity contribution in [2.75, 3.05) is 0 Å². The van der Waals surface area contributed by atoms with Crippen molar-refractivity contribution in [1.82, 2.24) is 14.1 Å². The molecule has 0 saturated heterocycles. The van der Waals surface area contributed by atoms with Crippen LogP contribution in [0, 0.1) is 0 Å². The summed E-state index contributed by atoms with van der Waals surface area (Å²) in [5, 5.41) is 4.85. The molecule has 3 heteroatoms. The topological polar surface area (TPSA) is 22.8 Å². The van der Waals surface area contributed by atoms with Gasteiger partial charge in [-0.25, -0.2) is 0 Å². The number of hydrogen-bond donors (Lipinski definition) is 0. The van der Waals surface area contributed by atoms with Gasteiger partial charge in [-0.3, -0.25) is 4.98 Å². The number of allylic oxidation sites excluding steroid dienone is 1. The molecule has 10 rings (SSSR count). The van der Waals surface area contributed by atoms with E-state index in [0.29, 0.717) is 5.92 Å². The molecule has 0 bridgehead atoms. The van der Waals surface area contributed by atoms with Gasteiger partial charge in [0.2, 0.25) is 0 Å². The summed E-state index contributed by atoms with van der Waals surface area (Å²) in [5.74, 6) is 0.326. The molecule has 49 heavy (non-hydrogen) atoms. The predicted molar refractivity (Wildman–Crippen MR) is 206 cm³/mol. The van der Waals surface area contributed by atoms with Gasteiger partial charge in [0, 0.05) is 56.3 Å². The maximum atomic E-state index is 4.89. The fourth-order valence-corrected chi connectivity index (χ4v) is 8.20. The van der Waals surface area contributed by atoms with Crippen LogP contribution in [0.4, 0.5) is 0 Å². The highest BCUT2D eigenvalue weighted by atomic mass is 15.0. The number of pyridine rings is 1. The molecule has 0 spiro atoms. The van der Waals surface area contributed by atoms with Crippen LogP contribution in [0.25, 0.3) is 77.8 Å². The lowest BCUT2D eigenvalue weighted by Crippen LogP contribution is -2.09. The molecule has 3 aromatic heterocycles. The maximum Gasteiger partial charge on any atom is 0.0802 e. The van der Waals surface area contributed by atoms with Crippen molar-refractivity contribution in [2.24, 2.45) is 0 Å². The van der Waals surface area contributed by atoms with Gasteiger partial charge in [-0.1, -0.05) is 110 Å². The molecule has 9 aromatic rings. The lowest BCUT2D eigenvalue weighted by molar-refractivity contribution is 0.733. The molecule has 6 aromatic carbocycles. The summed E-state index contributed by atoms with van der Waals surface area (Å²) in [6.07, 6.45) is 5.35. The van der Waals surface area contributed by atoms with Crippen LogP contribution in [0.15, 0.2) is 158 Å².